The zero-order valence-corrected chi connectivity index (χ0v) is 12.9. The van der Waals surface area contributed by atoms with E-state index in [9.17, 15) is 18.0 Å². The molecule has 0 bridgehead atoms. The monoisotopic (exact) mass is 326 g/mol. The first-order valence-corrected chi connectivity index (χ1v) is 7.62. The van der Waals surface area contributed by atoms with E-state index in [2.05, 4.69) is 11.5 Å². The highest BCUT2D eigenvalue weighted by molar-refractivity contribution is 5.87. The lowest BCUT2D eigenvalue weighted by atomic mass is 10.1. The maximum Gasteiger partial charge on any atom is 0.406 e. The minimum absolute atomic E-state index is 0.0602. The molecule has 3 nitrogen and oxygen atoms in total. The Labute approximate surface area is 134 Å². The van der Waals surface area contributed by atoms with Gasteiger partial charge in [0.2, 0.25) is 5.91 Å². The van der Waals surface area contributed by atoms with Crippen molar-refractivity contribution in [3.8, 4) is 0 Å². The van der Waals surface area contributed by atoms with Crippen LogP contribution in [0.4, 0.5) is 13.2 Å². The van der Waals surface area contributed by atoms with Crippen molar-refractivity contribution in [3.05, 3.63) is 48.6 Å². The molecule has 0 N–H and O–H groups in total. The van der Waals surface area contributed by atoms with Gasteiger partial charge in [-0.1, -0.05) is 36.9 Å². The summed E-state index contributed by atoms with van der Waals surface area (Å²) in [6.45, 7) is 4.51. The first-order valence-electron chi connectivity index (χ1n) is 7.62. The van der Waals surface area contributed by atoms with Gasteiger partial charge >= 0.3 is 6.18 Å². The summed E-state index contributed by atoms with van der Waals surface area (Å²) in [6.07, 6.45) is -2.64. The van der Waals surface area contributed by atoms with Gasteiger partial charge in [-0.3, -0.25) is 9.69 Å². The molecule has 1 atom stereocenters. The molecule has 0 aliphatic carbocycles. The number of hydrogen-bond donors (Lipinski definition) is 0. The van der Waals surface area contributed by atoms with Crippen LogP contribution in [-0.2, 0) is 11.3 Å². The predicted octanol–water partition coefficient (Wildman–Crippen LogP) is 3.09. The van der Waals surface area contributed by atoms with Crippen molar-refractivity contribution >= 4 is 5.91 Å². The number of benzene rings is 1. The topological polar surface area (TPSA) is 23.6 Å². The number of carbonyl (C=O) groups excluding carboxylic acids is 1. The van der Waals surface area contributed by atoms with E-state index in [1.54, 1.807) is 0 Å². The first-order chi connectivity index (χ1) is 10.9. The molecule has 1 aliphatic rings. The van der Waals surface area contributed by atoms with Gasteiger partial charge in [0, 0.05) is 19.6 Å². The Morgan fingerprint density at radius 3 is 2.65 bits per heavy atom. The number of rotatable bonds is 6. The third-order valence-corrected chi connectivity index (χ3v) is 3.95. The highest BCUT2D eigenvalue weighted by Crippen LogP contribution is 2.22. The Morgan fingerprint density at radius 2 is 2.04 bits per heavy atom. The van der Waals surface area contributed by atoms with Crippen molar-refractivity contribution in [1.82, 2.24) is 9.80 Å². The van der Waals surface area contributed by atoms with Crippen molar-refractivity contribution in [2.45, 2.75) is 19.1 Å². The first kappa shape index (κ1) is 17.5. The minimum Gasteiger partial charge on any atom is -0.330 e. The molecular formula is C17H21F3N2O. The molecule has 0 spiro atoms. The standard InChI is InChI=1S/C17H21F3N2O/c1-2-16(23)22(13-17(18,19)20)12-15-8-9-21(11-15)10-14-6-4-3-5-7-14/h2-7,15H,1,8-13H2. The summed E-state index contributed by atoms with van der Waals surface area (Å²) in [5.74, 6) is -0.603. The molecule has 1 aromatic rings. The van der Waals surface area contributed by atoms with Crippen molar-refractivity contribution in [2.75, 3.05) is 26.2 Å². The summed E-state index contributed by atoms with van der Waals surface area (Å²) in [7, 11) is 0. The predicted molar refractivity (Wildman–Crippen MR) is 82.7 cm³/mol. The maximum atomic E-state index is 12.6. The molecular weight excluding hydrogens is 305 g/mol. The van der Waals surface area contributed by atoms with E-state index < -0.39 is 18.6 Å². The van der Waals surface area contributed by atoms with Crippen molar-refractivity contribution in [2.24, 2.45) is 5.92 Å². The number of halogens is 3. The number of likely N-dealkylation sites (tertiary alicyclic amines) is 1. The van der Waals surface area contributed by atoms with Gasteiger partial charge in [-0.25, -0.2) is 0 Å². The molecule has 1 amide bonds. The fourth-order valence-corrected chi connectivity index (χ4v) is 2.94. The van der Waals surface area contributed by atoms with Crippen LogP contribution in [0.15, 0.2) is 43.0 Å². The van der Waals surface area contributed by atoms with Crippen molar-refractivity contribution in [1.29, 1.82) is 0 Å². The van der Waals surface area contributed by atoms with E-state index in [0.29, 0.717) is 6.54 Å². The van der Waals surface area contributed by atoms with E-state index in [-0.39, 0.29) is 12.5 Å². The zero-order chi connectivity index (χ0) is 16.9. The summed E-state index contributed by atoms with van der Waals surface area (Å²) < 4.78 is 37.8. The third kappa shape index (κ3) is 5.71. The fourth-order valence-electron chi connectivity index (χ4n) is 2.94. The fraction of sp³-hybridized carbons (Fsp3) is 0.471. The summed E-state index contributed by atoms with van der Waals surface area (Å²) >= 11 is 0. The SMILES string of the molecule is C=CC(=O)N(CC1CCN(Cc2ccccc2)C1)CC(F)(F)F. The number of hydrogen-bond acceptors (Lipinski definition) is 2. The Kier molecular flexibility index (Phi) is 5.82. The molecule has 1 unspecified atom stereocenters. The smallest absolute Gasteiger partial charge is 0.330 e. The summed E-state index contributed by atoms with van der Waals surface area (Å²) in [5, 5.41) is 0. The van der Waals surface area contributed by atoms with Crippen LogP contribution in [0.1, 0.15) is 12.0 Å². The number of carbonyl (C=O) groups is 1. The second kappa shape index (κ2) is 7.64. The van der Waals surface area contributed by atoms with E-state index in [1.165, 1.54) is 5.56 Å². The van der Waals surface area contributed by atoms with Crippen LogP contribution >= 0.6 is 0 Å². The molecule has 6 heteroatoms. The Balaban J connectivity index is 1.89. The Bertz CT molecular complexity index is 530. The normalized spacial score (nSPS) is 18.8. The van der Waals surface area contributed by atoms with Crippen molar-refractivity contribution < 1.29 is 18.0 Å². The van der Waals surface area contributed by atoms with E-state index in [1.807, 2.05) is 30.3 Å². The Morgan fingerprint density at radius 1 is 1.35 bits per heavy atom. The molecule has 0 radical (unpaired) electrons. The number of amides is 1. The second-order valence-corrected chi connectivity index (χ2v) is 5.91. The lowest BCUT2D eigenvalue weighted by Crippen LogP contribution is -2.41. The van der Waals surface area contributed by atoms with Crippen molar-refractivity contribution in [3.63, 3.8) is 0 Å². The van der Waals surface area contributed by atoms with E-state index in [0.717, 1.165) is 30.5 Å². The second-order valence-electron chi connectivity index (χ2n) is 5.91. The molecule has 1 heterocycles. The van der Waals surface area contributed by atoms with Gasteiger partial charge in [0.05, 0.1) is 0 Å². The van der Waals surface area contributed by atoms with Gasteiger partial charge in [-0.2, -0.15) is 13.2 Å². The van der Waals surface area contributed by atoms with Crippen LogP contribution in [0.3, 0.4) is 0 Å². The molecule has 23 heavy (non-hydrogen) atoms. The molecule has 1 aliphatic heterocycles. The zero-order valence-electron chi connectivity index (χ0n) is 12.9. The van der Waals surface area contributed by atoms with Crippen LogP contribution in [0.5, 0.6) is 0 Å². The largest absolute Gasteiger partial charge is 0.406 e. The average Bonchev–Trinajstić information content (AvgIpc) is 2.92. The average molecular weight is 326 g/mol. The number of nitrogens with zero attached hydrogens (tertiary/aromatic N) is 2. The van der Waals surface area contributed by atoms with Gasteiger partial charge in [0.1, 0.15) is 6.54 Å². The van der Waals surface area contributed by atoms with Crippen LogP contribution < -0.4 is 0 Å². The van der Waals surface area contributed by atoms with Gasteiger partial charge in [0.25, 0.3) is 0 Å². The van der Waals surface area contributed by atoms with Crippen LogP contribution in [0.25, 0.3) is 0 Å². The molecule has 1 saturated heterocycles. The molecule has 1 fully saturated rings. The third-order valence-electron chi connectivity index (χ3n) is 3.95. The lowest BCUT2D eigenvalue weighted by molar-refractivity contribution is -0.159. The molecule has 1 aromatic carbocycles. The number of alkyl halides is 3. The van der Waals surface area contributed by atoms with E-state index >= 15 is 0 Å². The van der Waals surface area contributed by atoms with Gasteiger partial charge in [-0.05, 0) is 30.5 Å². The molecule has 2 rings (SSSR count). The molecule has 126 valence electrons. The summed E-state index contributed by atoms with van der Waals surface area (Å²) in [5.41, 5.74) is 1.18. The van der Waals surface area contributed by atoms with Crippen LogP contribution in [0, 0.1) is 5.92 Å². The highest BCUT2D eigenvalue weighted by Gasteiger charge is 2.34. The highest BCUT2D eigenvalue weighted by atomic mass is 19.4. The molecule has 0 aromatic heterocycles. The molecule has 0 saturated carbocycles. The van der Waals surface area contributed by atoms with Gasteiger partial charge in [0.15, 0.2) is 0 Å². The summed E-state index contributed by atoms with van der Waals surface area (Å²) in [4.78, 5) is 14.7. The van der Waals surface area contributed by atoms with Gasteiger partial charge < -0.3 is 4.90 Å². The minimum atomic E-state index is -4.39. The maximum absolute atomic E-state index is 12.6. The van der Waals surface area contributed by atoms with Crippen LogP contribution in [-0.4, -0.2) is 48.1 Å². The van der Waals surface area contributed by atoms with E-state index in [4.69, 9.17) is 0 Å². The quantitative estimate of drug-likeness (QED) is 0.750. The Hall–Kier alpha value is -1.82. The summed E-state index contributed by atoms with van der Waals surface area (Å²) in [6, 6.07) is 9.95. The lowest BCUT2D eigenvalue weighted by Gasteiger charge is -2.26. The van der Waals surface area contributed by atoms with Crippen LogP contribution in [0.2, 0.25) is 0 Å². The van der Waals surface area contributed by atoms with Gasteiger partial charge in [-0.15, -0.1) is 0 Å².